The first kappa shape index (κ1) is 14.5. The van der Waals surface area contributed by atoms with Crippen LogP contribution in [0.5, 0.6) is 0 Å². The van der Waals surface area contributed by atoms with Crippen LogP contribution in [0.15, 0.2) is 0 Å². The molecule has 2 nitrogen and oxygen atoms in total. The number of piperazine rings is 1. The minimum atomic E-state index is 0.812. The summed E-state index contributed by atoms with van der Waals surface area (Å²) in [5, 5.41) is 0. The second kappa shape index (κ2) is 5.85. The van der Waals surface area contributed by atoms with E-state index in [0.717, 1.165) is 35.8 Å². The Bertz CT molecular complexity index is 347. The van der Waals surface area contributed by atoms with E-state index >= 15 is 0 Å². The Balaban J connectivity index is 1.45. The maximum atomic E-state index is 2.94. The highest BCUT2D eigenvalue weighted by molar-refractivity contribution is 4.97. The molecule has 2 saturated heterocycles. The van der Waals surface area contributed by atoms with Gasteiger partial charge >= 0.3 is 0 Å². The fraction of sp³-hybridized carbons (Fsp3) is 1.00. The van der Waals surface area contributed by atoms with E-state index in [0.29, 0.717) is 0 Å². The van der Waals surface area contributed by atoms with Gasteiger partial charge in [-0.3, -0.25) is 9.80 Å². The van der Waals surface area contributed by atoms with E-state index in [2.05, 4.69) is 23.6 Å². The Morgan fingerprint density at radius 3 is 2.24 bits per heavy atom. The Kier molecular flexibility index (Phi) is 4.04. The van der Waals surface area contributed by atoms with Gasteiger partial charge in [-0.25, -0.2) is 0 Å². The molecule has 2 unspecified atom stereocenters. The third-order valence-corrected chi connectivity index (χ3v) is 6.75. The molecule has 4 fully saturated rings. The van der Waals surface area contributed by atoms with Gasteiger partial charge in [0.15, 0.2) is 0 Å². The molecular formula is C19H34N2. The Morgan fingerprint density at radius 1 is 0.905 bits per heavy atom. The van der Waals surface area contributed by atoms with Crippen molar-refractivity contribution in [2.24, 2.45) is 23.7 Å². The van der Waals surface area contributed by atoms with Gasteiger partial charge in [-0.2, -0.15) is 0 Å². The summed E-state index contributed by atoms with van der Waals surface area (Å²) in [6.07, 6.45) is 10.5. The van der Waals surface area contributed by atoms with Crippen LogP contribution in [0, 0.1) is 23.7 Å². The molecule has 21 heavy (non-hydrogen) atoms. The van der Waals surface area contributed by atoms with Crippen LogP contribution in [-0.4, -0.2) is 48.1 Å². The summed E-state index contributed by atoms with van der Waals surface area (Å²) in [4.78, 5) is 5.77. The minimum absolute atomic E-state index is 0.812. The lowest BCUT2D eigenvalue weighted by atomic mass is 9.89. The molecule has 2 aliphatic heterocycles. The number of fused-ring (bicyclic) bond motifs is 1. The molecule has 4 aliphatic rings. The van der Waals surface area contributed by atoms with Crippen LogP contribution in [0.25, 0.3) is 0 Å². The van der Waals surface area contributed by atoms with Crippen LogP contribution in [0.1, 0.15) is 58.8 Å². The highest BCUT2D eigenvalue weighted by atomic mass is 15.3. The van der Waals surface area contributed by atoms with E-state index in [9.17, 15) is 0 Å². The molecule has 2 atom stereocenters. The van der Waals surface area contributed by atoms with Gasteiger partial charge < -0.3 is 0 Å². The average Bonchev–Trinajstić information content (AvgIpc) is 3.37. The smallest absolute Gasteiger partial charge is 0.0247 e. The Morgan fingerprint density at radius 2 is 1.62 bits per heavy atom. The number of rotatable bonds is 5. The van der Waals surface area contributed by atoms with Crippen molar-refractivity contribution in [3.8, 4) is 0 Å². The molecule has 0 N–H and O–H groups in total. The fourth-order valence-electron chi connectivity index (χ4n) is 5.11. The summed E-state index contributed by atoms with van der Waals surface area (Å²) in [7, 11) is 0. The zero-order chi connectivity index (χ0) is 14.4. The standard InChI is InChI=1S/C19H34N2/c1-14(2)19-13-20-10-4-3-5-17(20)11-21(19)12-18(15-6-7-15)16-8-9-16/h14-19H,3-13H2,1-2H3. The highest BCUT2D eigenvalue weighted by Crippen LogP contribution is 2.50. The van der Waals surface area contributed by atoms with Crippen LogP contribution in [0.4, 0.5) is 0 Å². The topological polar surface area (TPSA) is 6.48 Å². The Labute approximate surface area is 131 Å². The van der Waals surface area contributed by atoms with Crippen molar-refractivity contribution in [2.45, 2.75) is 70.9 Å². The molecule has 0 spiro atoms. The van der Waals surface area contributed by atoms with Gasteiger partial charge in [0.25, 0.3) is 0 Å². The predicted molar refractivity (Wildman–Crippen MR) is 88.3 cm³/mol. The van der Waals surface area contributed by atoms with E-state index in [1.54, 1.807) is 0 Å². The van der Waals surface area contributed by atoms with Crippen molar-refractivity contribution < 1.29 is 0 Å². The van der Waals surface area contributed by atoms with Crippen LogP contribution >= 0.6 is 0 Å². The molecule has 0 amide bonds. The van der Waals surface area contributed by atoms with Crippen molar-refractivity contribution in [1.82, 2.24) is 9.80 Å². The summed E-state index contributed by atoms with van der Waals surface area (Å²) in [6.45, 7) is 10.4. The van der Waals surface area contributed by atoms with E-state index in [4.69, 9.17) is 0 Å². The maximum Gasteiger partial charge on any atom is 0.0247 e. The van der Waals surface area contributed by atoms with Gasteiger partial charge in [-0.1, -0.05) is 20.3 Å². The lowest BCUT2D eigenvalue weighted by Gasteiger charge is -2.50. The summed E-state index contributed by atoms with van der Waals surface area (Å²) in [5.74, 6) is 4.08. The maximum absolute atomic E-state index is 2.94. The van der Waals surface area contributed by atoms with Gasteiger partial charge in [-0.05, 0) is 68.7 Å². The molecule has 2 aliphatic carbocycles. The van der Waals surface area contributed by atoms with Gasteiger partial charge in [0.1, 0.15) is 0 Å². The fourth-order valence-corrected chi connectivity index (χ4v) is 5.11. The molecule has 0 aromatic rings. The second-order valence-electron chi connectivity index (χ2n) is 8.75. The third kappa shape index (κ3) is 3.17. The molecule has 4 rings (SSSR count). The van der Waals surface area contributed by atoms with Crippen LogP contribution < -0.4 is 0 Å². The molecule has 120 valence electrons. The quantitative estimate of drug-likeness (QED) is 0.763. The summed E-state index contributed by atoms with van der Waals surface area (Å²) >= 11 is 0. The molecule has 2 heterocycles. The minimum Gasteiger partial charge on any atom is -0.298 e. The van der Waals surface area contributed by atoms with Gasteiger partial charge in [-0.15, -0.1) is 0 Å². The van der Waals surface area contributed by atoms with Crippen molar-refractivity contribution in [1.29, 1.82) is 0 Å². The van der Waals surface area contributed by atoms with Crippen molar-refractivity contribution >= 4 is 0 Å². The molecule has 0 aromatic carbocycles. The second-order valence-corrected chi connectivity index (χ2v) is 8.75. The van der Waals surface area contributed by atoms with Gasteiger partial charge in [0.05, 0.1) is 0 Å². The molecule has 2 saturated carbocycles. The molecule has 0 aromatic heterocycles. The van der Waals surface area contributed by atoms with E-state index in [-0.39, 0.29) is 0 Å². The highest BCUT2D eigenvalue weighted by Gasteiger charge is 2.44. The number of hydrogen-bond acceptors (Lipinski definition) is 2. The largest absolute Gasteiger partial charge is 0.298 e. The predicted octanol–water partition coefficient (Wildman–Crippen LogP) is 3.62. The van der Waals surface area contributed by atoms with Gasteiger partial charge in [0.2, 0.25) is 0 Å². The van der Waals surface area contributed by atoms with Crippen molar-refractivity contribution in [3.05, 3.63) is 0 Å². The first-order valence-electron chi connectivity index (χ1n) is 9.70. The molecule has 0 radical (unpaired) electrons. The number of nitrogens with zero attached hydrogens (tertiary/aromatic N) is 2. The number of piperidine rings is 1. The Hall–Kier alpha value is -0.0800. The SMILES string of the molecule is CC(C)C1CN2CCCCC2CN1CC(C1CC1)C1CC1. The first-order chi connectivity index (χ1) is 10.2. The first-order valence-corrected chi connectivity index (χ1v) is 9.70. The lowest BCUT2D eigenvalue weighted by molar-refractivity contribution is -0.0178. The summed E-state index contributed by atoms with van der Waals surface area (Å²) in [6, 6.07) is 1.70. The van der Waals surface area contributed by atoms with Gasteiger partial charge in [0, 0.05) is 31.7 Å². The van der Waals surface area contributed by atoms with Crippen molar-refractivity contribution in [3.63, 3.8) is 0 Å². The van der Waals surface area contributed by atoms with E-state index < -0.39 is 0 Å². The zero-order valence-corrected chi connectivity index (χ0v) is 14.1. The van der Waals surface area contributed by atoms with Crippen LogP contribution in [-0.2, 0) is 0 Å². The average molecular weight is 290 g/mol. The van der Waals surface area contributed by atoms with Crippen molar-refractivity contribution in [2.75, 3.05) is 26.2 Å². The third-order valence-electron chi connectivity index (χ3n) is 6.75. The lowest BCUT2D eigenvalue weighted by Crippen LogP contribution is -2.61. The van der Waals surface area contributed by atoms with E-state index in [1.165, 1.54) is 71.1 Å². The monoisotopic (exact) mass is 290 g/mol. The molecule has 2 heteroatoms. The zero-order valence-electron chi connectivity index (χ0n) is 14.1. The number of hydrogen-bond donors (Lipinski definition) is 0. The summed E-state index contributed by atoms with van der Waals surface area (Å²) < 4.78 is 0. The summed E-state index contributed by atoms with van der Waals surface area (Å²) in [5.41, 5.74) is 0. The van der Waals surface area contributed by atoms with Crippen LogP contribution in [0.3, 0.4) is 0 Å². The van der Waals surface area contributed by atoms with E-state index in [1.807, 2.05) is 0 Å². The van der Waals surface area contributed by atoms with Crippen LogP contribution in [0.2, 0.25) is 0 Å². The molecule has 0 bridgehead atoms. The normalized spacial score (nSPS) is 35.4. The molecular weight excluding hydrogens is 256 g/mol.